The summed E-state index contributed by atoms with van der Waals surface area (Å²) in [5, 5.41) is 12.4. The quantitative estimate of drug-likeness (QED) is 0.889. The molecule has 2 rings (SSSR count). The highest BCUT2D eigenvalue weighted by Crippen LogP contribution is 2.37. The number of aliphatic hydroxyl groups excluding tert-OH is 1. The van der Waals surface area contributed by atoms with Crippen molar-refractivity contribution >= 4 is 17.5 Å². The first kappa shape index (κ1) is 13.2. The number of amides is 1. The number of carbonyl (C=O) groups excluding carboxylic acids is 1. The fourth-order valence-corrected chi connectivity index (χ4v) is 2.12. The zero-order valence-electron chi connectivity index (χ0n) is 9.37. The van der Waals surface area contributed by atoms with Crippen LogP contribution in [0.1, 0.15) is 24.5 Å². The van der Waals surface area contributed by atoms with E-state index in [4.69, 9.17) is 11.6 Å². The molecular weight excluding hydrogens is 264 g/mol. The molecule has 0 aromatic heterocycles. The molecule has 1 aliphatic carbocycles. The highest BCUT2D eigenvalue weighted by molar-refractivity contribution is 6.31. The van der Waals surface area contributed by atoms with Gasteiger partial charge in [0.05, 0.1) is 0 Å². The monoisotopic (exact) mass is 275 g/mol. The van der Waals surface area contributed by atoms with Crippen LogP contribution >= 0.6 is 11.6 Å². The van der Waals surface area contributed by atoms with E-state index in [0.29, 0.717) is 0 Å². The van der Waals surface area contributed by atoms with E-state index in [0.717, 1.165) is 0 Å². The van der Waals surface area contributed by atoms with E-state index in [1.165, 1.54) is 6.07 Å². The molecule has 98 valence electrons. The molecule has 2 N–H and O–H groups in total. The first-order chi connectivity index (χ1) is 8.39. The van der Waals surface area contributed by atoms with Crippen molar-refractivity contribution in [2.24, 2.45) is 0 Å². The van der Waals surface area contributed by atoms with Crippen LogP contribution in [0.4, 0.5) is 8.78 Å². The summed E-state index contributed by atoms with van der Waals surface area (Å²) in [4.78, 5) is 11.6. The Kier molecular flexibility index (Phi) is 3.54. The van der Waals surface area contributed by atoms with Crippen LogP contribution in [0.15, 0.2) is 24.3 Å². The molecule has 1 saturated carbocycles. The van der Waals surface area contributed by atoms with Crippen molar-refractivity contribution in [2.45, 2.75) is 30.9 Å². The van der Waals surface area contributed by atoms with Gasteiger partial charge >= 0.3 is 0 Å². The molecule has 0 unspecified atom stereocenters. The third kappa shape index (κ3) is 2.79. The zero-order valence-corrected chi connectivity index (χ0v) is 10.1. The lowest BCUT2D eigenvalue weighted by Crippen LogP contribution is -2.51. The summed E-state index contributed by atoms with van der Waals surface area (Å²) in [5.74, 6) is -3.41. The van der Waals surface area contributed by atoms with Gasteiger partial charge in [-0.2, -0.15) is 0 Å². The van der Waals surface area contributed by atoms with Crippen molar-refractivity contribution < 1.29 is 18.7 Å². The molecule has 0 aliphatic heterocycles. The van der Waals surface area contributed by atoms with Gasteiger partial charge in [-0.15, -0.1) is 0 Å². The first-order valence-electron chi connectivity index (χ1n) is 5.50. The molecule has 1 aromatic carbocycles. The van der Waals surface area contributed by atoms with Crippen LogP contribution < -0.4 is 5.32 Å². The van der Waals surface area contributed by atoms with Crippen molar-refractivity contribution in [3.63, 3.8) is 0 Å². The van der Waals surface area contributed by atoms with Crippen LogP contribution in [-0.4, -0.2) is 23.0 Å². The molecule has 0 heterocycles. The van der Waals surface area contributed by atoms with Gasteiger partial charge in [-0.3, -0.25) is 4.79 Å². The summed E-state index contributed by atoms with van der Waals surface area (Å²) in [6, 6.07) is 5.79. The van der Waals surface area contributed by atoms with Gasteiger partial charge in [0.15, 0.2) is 6.10 Å². The number of hydrogen-bond donors (Lipinski definition) is 2. The number of rotatable bonds is 3. The van der Waals surface area contributed by atoms with E-state index in [-0.39, 0.29) is 23.4 Å². The normalized spacial score (nSPS) is 20.0. The van der Waals surface area contributed by atoms with Crippen molar-refractivity contribution in [1.82, 2.24) is 5.32 Å². The van der Waals surface area contributed by atoms with Crippen molar-refractivity contribution in [3.8, 4) is 0 Å². The molecule has 1 fully saturated rings. The first-order valence-corrected chi connectivity index (χ1v) is 5.87. The Morgan fingerprint density at radius 2 is 2.06 bits per heavy atom. The predicted molar refractivity (Wildman–Crippen MR) is 62.5 cm³/mol. The topological polar surface area (TPSA) is 49.3 Å². The molecule has 6 heteroatoms. The largest absolute Gasteiger partial charge is 0.378 e. The van der Waals surface area contributed by atoms with Crippen LogP contribution in [0.25, 0.3) is 0 Å². The average molecular weight is 276 g/mol. The van der Waals surface area contributed by atoms with E-state index in [1.807, 2.05) is 0 Å². The maximum Gasteiger partial charge on any atom is 0.253 e. The molecule has 1 aliphatic rings. The summed E-state index contributed by atoms with van der Waals surface area (Å²) >= 11 is 5.83. The van der Waals surface area contributed by atoms with Crippen molar-refractivity contribution in [1.29, 1.82) is 0 Å². The number of aliphatic hydroxyl groups is 1. The fraction of sp³-hybridized carbons (Fsp3) is 0.417. The second-order valence-electron chi connectivity index (χ2n) is 4.39. The molecule has 0 spiro atoms. The second-order valence-corrected chi connectivity index (χ2v) is 4.80. The zero-order chi connectivity index (χ0) is 13.3. The molecule has 1 atom stereocenters. The van der Waals surface area contributed by atoms with Gasteiger partial charge in [0.2, 0.25) is 0 Å². The van der Waals surface area contributed by atoms with Crippen molar-refractivity contribution in [2.75, 3.05) is 0 Å². The van der Waals surface area contributed by atoms with E-state index in [9.17, 15) is 18.7 Å². The summed E-state index contributed by atoms with van der Waals surface area (Å²) < 4.78 is 25.2. The van der Waals surface area contributed by atoms with Gasteiger partial charge in [0.25, 0.3) is 11.8 Å². The molecule has 3 nitrogen and oxygen atoms in total. The van der Waals surface area contributed by atoms with Crippen LogP contribution in [-0.2, 0) is 4.79 Å². The van der Waals surface area contributed by atoms with Crippen LogP contribution in [0.2, 0.25) is 5.02 Å². The average Bonchev–Trinajstić information content (AvgIpc) is 2.26. The van der Waals surface area contributed by atoms with E-state index in [1.54, 1.807) is 18.2 Å². The second kappa shape index (κ2) is 4.82. The lowest BCUT2D eigenvalue weighted by Gasteiger charge is -2.35. The molecule has 0 radical (unpaired) electrons. The number of benzene rings is 1. The molecule has 0 bridgehead atoms. The Hall–Kier alpha value is -1.20. The summed E-state index contributed by atoms with van der Waals surface area (Å²) in [6.07, 6.45) is -2.20. The Morgan fingerprint density at radius 3 is 2.61 bits per heavy atom. The minimum atomic E-state index is -2.70. The number of nitrogens with one attached hydrogen (secondary N) is 1. The molecule has 1 aromatic rings. The van der Waals surface area contributed by atoms with Gasteiger partial charge in [0.1, 0.15) is 0 Å². The van der Waals surface area contributed by atoms with E-state index < -0.39 is 24.0 Å². The summed E-state index contributed by atoms with van der Waals surface area (Å²) in [7, 11) is 0. The van der Waals surface area contributed by atoms with Crippen LogP contribution in [0.3, 0.4) is 0 Å². The highest BCUT2D eigenvalue weighted by Gasteiger charge is 2.46. The Balaban J connectivity index is 1.96. The highest BCUT2D eigenvalue weighted by atomic mass is 35.5. The predicted octanol–water partition coefficient (Wildman–Crippen LogP) is 2.29. The molecule has 18 heavy (non-hydrogen) atoms. The summed E-state index contributed by atoms with van der Waals surface area (Å²) in [5.41, 5.74) is 0.266. The van der Waals surface area contributed by atoms with Gasteiger partial charge in [-0.05, 0) is 6.07 Å². The molecular formula is C12H12ClF2NO2. The fourth-order valence-electron chi connectivity index (χ4n) is 1.88. The van der Waals surface area contributed by atoms with Crippen LogP contribution in [0.5, 0.6) is 0 Å². The lowest BCUT2D eigenvalue weighted by atomic mass is 9.88. The number of hydrogen-bond acceptors (Lipinski definition) is 2. The van der Waals surface area contributed by atoms with Crippen molar-refractivity contribution in [3.05, 3.63) is 34.9 Å². The van der Waals surface area contributed by atoms with E-state index in [2.05, 4.69) is 5.32 Å². The number of halogens is 3. The summed E-state index contributed by atoms with van der Waals surface area (Å²) in [6.45, 7) is 0. The maximum atomic E-state index is 12.6. The lowest BCUT2D eigenvalue weighted by molar-refractivity contribution is -0.137. The third-order valence-corrected chi connectivity index (χ3v) is 3.23. The molecule has 0 saturated heterocycles. The minimum absolute atomic E-state index is 0.263. The van der Waals surface area contributed by atoms with Crippen LogP contribution in [0, 0.1) is 0 Å². The van der Waals surface area contributed by atoms with Gasteiger partial charge in [0, 0.05) is 29.5 Å². The Morgan fingerprint density at radius 1 is 1.44 bits per heavy atom. The number of alkyl halides is 2. The smallest absolute Gasteiger partial charge is 0.253 e. The maximum absolute atomic E-state index is 12.6. The Labute approximate surface area is 108 Å². The Bertz CT molecular complexity index is 459. The number of carbonyl (C=O) groups is 1. The SMILES string of the molecule is O=C(NC1CC(F)(F)C1)[C@H](O)c1ccccc1Cl. The van der Waals surface area contributed by atoms with Gasteiger partial charge in [-0.25, -0.2) is 8.78 Å². The third-order valence-electron chi connectivity index (χ3n) is 2.88. The van der Waals surface area contributed by atoms with E-state index >= 15 is 0 Å². The molecule has 1 amide bonds. The minimum Gasteiger partial charge on any atom is -0.378 e. The standard InChI is InChI=1S/C12H12ClF2NO2/c13-9-4-2-1-3-8(9)10(17)11(18)16-7-5-12(14,15)6-7/h1-4,7,10,17H,5-6H2,(H,16,18)/t10-/m1/s1. The van der Waals surface area contributed by atoms with Gasteiger partial charge < -0.3 is 10.4 Å². The van der Waals surface area contributed by atoms with Gasteiger partial charge in [-0.1, -0.05) is 29.8 Å².